The molecule has 0 bridgehead atoms. The highest BCUT2D eigenvalue weighted by Gasteiger charge is 2.09. The molecule has 0 aliphatic heterocycles. The van der Waals surface area contributed by atoms with Crippen molar-refractivity contribution >= 4 is 23.0 Å². The summed E-state index contributed by atoms with van der Waals surface area (Å²) >= 11 is 0. The zero-order valence-corrected chi connectivity index (χ0v) is 16.0. The maximum atomic E-state index is 11.4. The molecule has 0 saturated carbocycles. The van der Waals surface area contributed by atoms with E-state index in [0.29, 0.717) is 23.8 Å². The minimum Gasteiger partial charge on any atom is -0.493 e. The van der Waals surface area contributed by atoms with E-state index in [9.17, 15) is 4.79 Å². The maximum Gasteiger partial charge on any atom is 0.153 e. The van der Waals surface area contributed by atoms with Crippen LogP contribution in [0.3, 0.4) is 0 Å². The monoisotopic (exact) mass is 363 g/mol. The standard InChI is InChI=1S/C22H25N3O2/c1-4-27-21-8-6-16(11-18(21)13-26)17-5-7-20-19(12-17)22(25-14-24-20)23-10-9-15(2)3/h5-8,11-15H,4,9-10H2,1-3H3,(H,23,24,25). The van der Waals surface area contributed by atoms with E-state index in [1.807, 2.05) is 37.3 Å². The number of carbonyl (C=O) groups is 1. The third kappa shape index (κ3) is 4.42. The Morgan fingerprint density at radius 3 is 2.63 bits per heavy atom. The summed E-state index contributed by atoms with van der Waals surface area (Å²) in [6, 6.07) is 11.7. The fraction of sp³-hybridized carbons (Fsp3) is 0.318. The van der Waals surface area contributed by atoms with Gasteiger partial charge in [-0.05, 0) is 54.7 Å². The van der Waals surface area contributed by atoms with Gasteiger partial charge in [0.1, 0.15) is 17.9 Å². The SMILES string of the molecule is CCOc1ccc(-c2ccc3ncnc(NCCC(C)C)c3c2)cc1C=O. The Labute approximate surface area is 159 Å². The van der Waals surface area contributed by atoms with Gasteiger partial charge in [0.05, 0.1) is 17.7 Å². The summed E-state index contributed by atoms with van der Waals surface area (Å²) in [7, 11) is 0. The van der Waals surface area contributed by atoms with Crippen molar-refractivity contribution in [3.8, 4) is 16.9 Å². The molecule has 0 radical (unpaired) electrons. The number of benzene rings is 2. The minimum absolute atomic E-state index is 0.527. The van der Waals surface area contributed by atoms with Crippen LogP contribution in [0.5, 0.6) is 5.75 Å². The highest BCUT2D eigenvalue weighted by Crippen LogP contribution is 2.30. The largest absolute Gasteiger partial charge is 0.493 e. The summed E-state index contributed by atoms with van der Waals surface area (Å²) in [5.74, 6) is 2.08. The molecule has 1 N–H and O–H groups in total. The molecular weight excluding hydrogens is 338 g/mol. The fourth-order valence-electron chi connectivity index (χ4n) is 2.96. The third-order valence-corrected chi connectivity index (χ3v) is 4.42. The first-order valence-corrected chi connectivity index (χ1v) is 9.33. The summed E-state index contributed by atoms with van der Waals surface area (Å²) in [6.07, 6.45) is 3.49. The Morgan fingerprint density at radius 2 is 1.89 bits per heavy atom. The van der Waals surface area contributed by atoms with Gasteiger partial charge in [-0.1, -0.05) is 26.0 Å². The van der Waals surface area contributed by atoms with Crippen LogP contribution in [0.2, 0.25) is 0 Å². The highest BCUT2D eigenvalue weighted by molar-refractivity contribution is 5.93. The Morgan fingerprint density at radius 1 is 1.11 bits per heavy atom. The first kappa shape index (κ1) is 18.8. The summed E-state index contributed by atoms with van der Waals surface area (Å²) in [5.41, 5.74) is 3.41. The normalized spacial score (nSPS) is 11.0. The number of hydrogen-bond acceptors (Lipinski definition) is 5. The molecule has 5 heteroatoms. The Balaban J connectivity index is 1.97. The van der Waals surface area contributed by atoms with Crippen LogP contribution in [0.4, 0.5) is 5.82 Å². The number of fused-ring (bicyclic) bond motifs is 1. The lowest BCUT2D eigenvalue weighted by molar-refractivity contribution is 0.112. The summed E-state index contributed by atoms with van der Waals surface area (Å²) in [6.45, 7) is 7.70. The molecule has 140 valence electrons. The average Bonchev–Trinajstić information content (AvgIpc) is 2.68. The number of hydrogen-bond donors (Lipinski definition) is 1. The molecule has 1 heterocycles. The summed E-state index contributed by atoms with van der Waals surface area (Å²) in [4.78, 5) is 20.2. The van der Waals surface area contributed by atoms with E-state index in [2.05, 4.69) is 35.2 Å². The van der Waals surface area contributed by atoms with E-state index in [0.717, 1.165) is 47.1 Å². The van der Waals surface area contributed by atoms with Crippen molar-refractivity contribution in [2.75, 3.05) is 18.5 Å². The van der Waals surface area contributed by atoms with Crippen LogP contribution in [0.15, 0.2) is 42.7 Å². The zero-order chi connectivity index (χ0) is 19.2. The number of ether oxygens (including phenoxy) is 1. The van der Waals surface area contributed by atoms with Gasteiger partial charge in [0.25, 0.3) is 0 Å². The van der Waals surface area contributed by atoms with Crippen molar-refractivity contribution in [1.82, 2.24) is 9.97 Å². The van der Waals surface area contributed by atoms with E-state index < -0.39 is 0 Å². The molecule has 27 heavy (non-hydrogen) atoms. The Hall–Kier alpha value is -2.95. The molecular formula is C22H25N3O2. The van der Waals surface area contributed by atoms with E-state index in [1.54, 1.807) is 6.33 Å². The zero-order valence-electron chi connectivity index (χ0n) is 16.0. The number of aromatic nitrogens is 2. The van der Waals surface area contributed by atoms with E-state index >= 15 is 0 Å². The molecule has 3 rings (SSSR count). The van der Waals surface area contributed by atoms with Crippen LogP contribution >= 0.6 is 0 Å². The van der Waals surface area contributed by atoms with Crippen molar-refractivity contribution in [1.29, 1.82) is 0 Å². The molecule has 1 aromatic heterocycles. The predicted molar refractivity (Wildman–Crippen MR) is 109 cm³/mol. The lowest BCUT2D eigenvalue weighted by Gasteiger charge is -2.12. The van der Waals surface area contributed by atoms with Crippen molar-refractivity contribution in [2.24, 2.45) is 5.92 Å². The molecule has 3 aromatic rings. The van der Waals surface area contributed by atoms with Crippen LogP contribution in [0, 0.1) is 5.92 Å². The summed E-state index contributed by atoms with van der Waals surface area (Å²) in [5, 5.41) is 4.39. The Kier molecular flexibility index (Phi) is 6.01. The molecule has 0 saturated heterocycles. The molecule has 0 aliphatic carbocycles. The van der Waals surface area contributed by atoms with Crippen molar-refractivity contribution in [2.45, 2.75) is 27.2 Å². The number of nitrogens with one attached hydrogen (secondary N) is 1. The van der Waals surface area contributed by atoms with Gasteiger partial charge in [0.2, 0.25) is 0 Å². The van der Waals surface area contributed by atoms with Gasteiger partial charge in [0.15, 0.2) is 6.29 Å². The molecule has 0 atom stereocenters. The van der Waals surface area contributed by atoms with E-state index in [4.69, 9.17) is 4.74 Å². The molecule has 2 aromatic carbocycles. The lowest BCUT2D eigenvalue weighted by Crippen LogP contribution is -2.06. The first-order valence-electron chi connectivity index (χ1n) is 9.33. The van der Waals surface area contributed by atoms with Crippen molar-refractivity contribution < 1.29 is 9.53 Å². The molecule has 0 unspecified atom stereocenters. The van der Waals surface area contributed by atoms with Crippen molar-refractivity contribution in [3.63, 3.8) is 0 Å². The second-order valence-electron chi connectivity index (χ2n) is 6.87. The molecule has 0 fully saturated rings. The van der Waals surface area contributed by atoms with Gasteiger partial charge in [-0.25, -0.2) is 9.97 Å². The fourth-order valence-corrected chi connectivity index (χ4v) is 2.96. The minimum atomic E-state index is 0.527. The highest BCUT2D eigenvalue weighted by atomic mass is 16.5. The quantitative estimate of drug-likeness (QED) is 0.573. The molecule has 5 nitrogen and oxygen atoms in total. The molecule has 0 spiro atoms. The smallest absolute Gasteiger partial charge is 0.153 e. The number of anilines is 1. The second-order valence-corrected chi connectivity index (χ2v) is 6.87. The van der Waals surface area contributed by atoms with Crippen molar-refractivity contribution in [3.05, 3.63) is 48.3 Å². The first-order chi connectivity index (χ1) is 13.1. The number of nitrogens with zero attached hydrogens (tertiary/aromatic N) is 2. The number of rotatable bonds is 8. The van der Waals surface area contributed by atoms with Crippen LogP contribution < -0.4 is 10.1 Å². The van der Waals surface area contributed by atoms with E-state index in [-0.39, 0.29) is 0 Å². The van der Waals surface area contributed by atoms with Gasteiger partial charge >= 0.3 is 0 Å². The summed E-state index contributed by atoms with van der Waals surface area (Å²) < 4.78 is 5.51. The van der Waals surface area contributed by atoms with Gasteiger partial charge in [-0.15, -0.1) is 0 Å². The van der Waals surface area contributed by atoms with Crippen LogP contribution in [-0.2, 0) is 0 Å². The Bertz CT molecular complexity index is 938. The van der Waals surface area contributed by atoms with Gasteiger partial charge in [-0.3, -0.25) is 4.79 Å². The van der Waals surface area contributed by atoms with Crippen LogP contribution in [-0.4, -0.2) is 29.4 Å². The topological polar surface area (TPSA) is 64.1 Å². The molecule has 0 aliphatic rings. The van der Waals surface area contributed by atoms with E-state index in [1.165, 1.54) is 0 Å². The lowest BCUT2D eigenvalue weighted by atomic mass is 10.0. The average molecular weight is 363 g/mol. The predicted octanol–water partition coefficient (Wildman–Crippen LogP) is 4.97. The van der Waals surface area contributed by atoms with Gasteiger partial charge in [-0.2, -0.15) is 0 Å². The van der Waals surface area contributed by atoms with Crippen LogP contribution in [0.1, 0.15) is 37.6 Å². The number of carbonyl (C=O) groups excluding carboxylic acids is 1. The van der Waals surface area contributed by atoms with Gasteiger partial charge < -0.3 is 10.1 Å². The third-order valence-electron chi connectivity index (χ3n) is 4.42. The van der Waals surface area contributed by atoms with Gasteiger partial charge in [0, 0.05) is 11.9 Å². The second kappa shape index (κ2) is 8.62. The molecule has 0 amide bonds. The van der Waals surface area contributed by atoms with Crippen LogP contribution in [0.25, 0.3) is 22.0 Å². The maximum absolute atomic E-state index is 11.4. The number of aldehydes is 1.